The van der Waals surface area contributed by atoms with E-state index in [4.69, 9.17) is 10.6 Å². The zero-order chi connectivity index (χ0) is 15.6. The molecule has 1 aliphatic rings. The second-order valence-electron chi connectivity index (χ2n) is 6.01. The van der Waals surface area contributed by atoms with E-state index >= 15 is 0 Å². The van der Waals surface area contributed by atoms with Gasteiger partial charge in [-0.25, -0.2) is 4.79 Å². The van der Waals surface area contributed by atoms with Crippen molar-refractivity contribution in [2.24, 2.45) is 11.3 Å². The third-order valence-electron chi connectivity index (χ3n) is 4.34. The minimum Gasteiger partial charge on any atom is -0.494 e. The Hall–Kier alpha value is -2.07. The van der Waals surface area contributed by atoms with Gasteiger partial charge in [-0.2, -0.15) is 5.90 Å². The molecule has 2 aromatic rings. The summed E-state index contributed by atoms with van der Waals surface area (Å²) in [6.07, 6.45) is 3.32. The number of nitrogens with two attached hydrogens (primary N) is 1. The maximum absolute atomic E-state index is 11.9. The summed E-state index contributed by atoms with van der Waals surface area (Å²) >= 11 is 0. The molecule has 0 aliphatic heterocycles. The number of ether oxygens (including phenoxy) is 1. The van der Waals surface area contributed by atoms with Gasteiger partial charge in [0.1, 0.15) is 5.75 Å². The van der Waals surface area contributed by atoms with Gasteiger partial charge in [-0.15, -0.1) is 0 Å². The van der Waals surface area contributed by atoms with Gasteiger partial charge in [0.2, 0.25) is 0 Å². The molecule has 2 N–H and O–H groups in total. The summed E-state index contributed by atoms with van der Waals surface area (Å²) < 4.78 is 5.72. The van der Waals surface area contributed by atoms with E-state index in [9.17, 15) is 4.79 Å². The smallest absolute Gasteiger partial charge is 0.330 e. The molecular weight excluding hydrogens is 278 g/mol. The number of benzene rings is 2. The molecule has 0 aromatic heterocycles. The summed E-state index contributed by atoms with van der Waals surface area (Å²) in [7, 11) is 0. The highest BCUT2D eigenvalue weighted by Crippen LogP contribution is 2.50. The molecule has 1 aliphatic carbocycles. The van der Waals surface area contributed by atoms with Gasteiger partial charge in [-0.1, -0.05) is 31.2 Å². The Morgan fingerprint density at radius 1 is 1.27 bits per heavy atom. The average molecular weight is 299 g/mol. The van der Waals surface area contributed by atoms with Crippen molar-refractivity contribution in [1.29, 1.82) is 0 Å². The molecule has 116 valence electrons. The molecule has 0 radical (unpaired) electrons. The van der Waals surface area contributed by atoms with Crippen LogP contribution in [-0.2, 0) is 16.1 Å². The molecule has 0 heterocycles. The molecule has 22 heavy (non-hydrogen) atoms. The molecule has 2 aromatic carbocycles. The molecule has 0 unspecified atom stereocenters. The molecule has 3 rings (SSSR count). The van der Waals surface area contributed by atoms with E-state index in [0.717, 1.165) is 41.3 Å². The second-order valence-corrected chi connectivity index (χ2v) is 6.01. The predicted molar refractivity (Wildman–Crippen MR) is 85.4 cm³/mol. The second kappa shape index (κ2) is 5.97. The molecule has 0 bridgehead atoms. The number of carbonyl (C=O) groups excluding carboxylic acids is 1. The molecule has 0 atom stereocenters. The van der Waals surface area contributed by atoms with Gasteiger partial charge < -0.3 is 9.57 Å². The number of hydrogen-bond donors (Lipinski definition) is 1. The Bertz CT molecular complexity index is 692. The molecule has 0 spiro atoms. The summed E-state index contributed by atoms with van der Waals surface area (Å²) in [6, 6.07) is 12.3. The van der Waals surface area contributed by atoms with Crippen LogP contribution in [0.4, 0.5) is 0 Å². The highest BCUT2D eigenvalue weighted by atomic mass is 16.7. The van der Waals surface area contributed by atoms with E-state index in [0.29, 0.717) is 13.0 Å². The fraction of sp³-hybridized carbons (Fsp3) is 0.389. The van der Waals surface area contributed by atoms with Crippen molar-refractivity contribution in [3.05, 3.63) is 42.0 Å². The van der Waals surface area contributed by atoms with Crippen molar-refractivity contribution in [3.8, 4) is 5.75 Å². The summed E-state index contributed by atoms with van der Waals surface area (Å²) in [6.45, 7) is 2.79. The van der Waals surface area contributed by atoms with Crippen LogP contribution in [0.2, 0.25) is 0 Å². The first-order chi connectivity index (χ1) is 10.7. The average Bonchev–Trinajstić information content (AvgIpc) is 3.33. The SMILES string of the molecule is CCCOc1ccc2cccc(CC3(C(=O)ON)CC3)c2c1. The first-order valence-electron chi connectivity index (χ1n) is 7.74. The highest BCUT2D eigenvalue weighted by molar-refractivity contribution is 5.88. The minimum atomic E-state index is -0.427. The third-order valence-corrected chi connectivity index (χ3v) is 4.34. The van der Waals surface area contributed by atoms with Crippen LogP contribution in [0.5, 0.6) is 5.75 Å². The Kier molecular flexibility index (Phi) is 4.03. The van der Waals surface area contributed by atoms with Gasteiger partial charge in [-0.05, 0) is 54.2 Å². The monoisotopic (exact) mass is 299 g/mol. The lowest BCUT2D eigenvalue weighted by Crippen LogP contribution is -2.24. The van der Waals surface area contributed by atoms with Gasteiger partial charge in [-0.3, -0.25) is 0 Å². The summed E-state index contributed by atoms with van der Waals surface area (Å²) in [5.41, 5.74) is 0.714. The first kappa shape index (κ1) is 14.9. The Labute approximate surface area is 130 Å². The molecular formula is C18H21NO3. The van der Waals surface area contributed by atoms with Crippen molar-refractivity contribution < 1.29 is 14.4 Å². The summed E-state index contributed by atoms with van der Waals surface area (Å²) in [4.78, 5) is 16.3. The quantitative estimate of drug-likeness (QED) is 0.831. The third kappa shape index (κ3) is 2.79. The van der Waals surface area contributed by atoms with E-state index in [1.807, 2.05) is 12.1 Å². The van der Waals surface area contributed by atoms with E-state index < -0.39 is 5.41 Å². The standard InChI is InChI=1S/C18H21NO3/c1-2-10-21-15-7-6-13-4-3-5-14(16(13)11-15)12-18(8-9-18)17(20)22-19/h3-7,11H,2,8-10,12,19H2,1H3. The van der Waals surface area contributed by atoms with Crippen LogP contribution >= 0.6 is 0 Å². The maximum Gasteiger partial charge on any atom is 0.330 e. The largest absolute Gasteiger partial charge is 0.494 e. The molecule has 4 heteroatoms. The molecule has 0 amide bonds. The lowest BCUT2D eigenvalue weighted by atomic mass is 9.92. The van der Waals surface area contributed by atoms with Crippen LogP contribution in [0.3, 0.4) is 0 Å². The van der Waals surface area contributed by atoms with Crippen molar-refractivity contribution in [3.63, 3.8) is 0 Å². The highest BCUT2D eigenvalue weighted by Gasteiger charge is 2.51. The van der Waals surface area contributed by atoms with Crippen LogP contribution in [0.25, 0.3) is 10.8 Å². The normalized spacial score (nSPS) is 15.5. The zero-order valence-electron chi connectivity index (χ0n) is 12.8. The summed E-state index contributed by atoms with van der Waals surface area (Å²) in [5, 5.41) is 2.28. The number of rotatable bonds is 6. The first-order valence-corrected chi connectivity index (χ1v) is 7.74. The fourth-order valence-electron chi connectivity index (χ4n) is 2.87. The lowest BCUT2D eigenvalue weighted by molar-refractivity contribution is -0.150. The Balaban J connectivity index is 1.93. The van der Waals surface area contributed by atoms with E-state index in [1.54, 1.807) is 0 Å². The lowest BCUT2D eigenvalue weighted by Gasteiger charge is -2.14. The van der Waals surface area contributed by atoms with Crippen LogP contribution in [-0.4, -0.2) is 12.6 Å². The van der Waals surface area contributed by atoms with Gasteiger partial charge in [0.15, 0.2) is 0 Å². The zero-order valence-corrected chi connectivity index (χ0v) is 12.8. The maximum atomic E-state index is 11.9. The molecule has 4 nitrogen and oxygen atoms in total. The van der Waals surface area contributed by atoms with Gasteiger partial charge >= 0.3 is 5.97 Å². The van der Waals surface area contributed by atoms with Crippen molar-refractivity contribution in [2.45, 2.75) is 32.6 Å². The van der Waals surface area contributed by atoms with Crippen LogP contribution in [0, 0.1) is 5.41 Å². The van der Waals surface area contributed by atoms with Crippen molar-refractivity contribution in [2.75, 3.05) is 6.61 Å². The molecule has 0 saturated heterocycles. The van der Waals surface area contributed by atoms with Crippen molar-refractivity contribution in [1.82, 2.24) is 0 Å². The molecule has 1 fully saturated rings. The number of hydrogen-bond acceptors (Lipinski definition) is 4. The Morgan fingerprint density at radius 2 is 2.09 bits per heavy atom. The fourth-order valence-corrected chi connectivity index (χ4v) is 2.87. The van der Waals surface area contributed by atoms with E-state index in [1.165, 1.54) is 0 Å². The van der Waals surface area contributed by atoms with Crippen LogP contribution < -0.4 is 10.6 Å². The topological polar surface area (TPSA) is 61.5 Å². The van der Waals surface area contributed by atoms with Gasteiger partial charge in [0, 0.05) is 0 Å². The van der Waals surface area contributed by atoms with E-state index in [2.05, 4.69) is 36.0 Å². The minimum absolute atomic E-state index is 0.303. The molecule has 1 saturated carbocycles. The van der Waals surface area contributed by atoms with Crippen molar-refractivity contribution >= 4 is 16.7 Å². The number of fused-ring (bicyclic) bond motifs is 1. The summed E-state index contributed by atoms with van der Waals surface area (Å²) in [5.74, 6) is 5.64. The predicted octanol–water partition coefficient (Wildman–Crippen LogP) is 3.37. The van der Waals surface area contributed by atoms with Crippen LogP contribution in [0.1, 0.15) is 31.7 Å². The van der Waals surface area contributed by atoms with Crippen LogP contribution in [0.15, 0.2) is 36.4 Å². The number of carbonyl (C=O) groups is 1. The Morgan fingerprint density at radius 3 is 2.77 bits per heavy atom. The van der Waals surface area contributed by atoms with Gasteiger partial charge in [0.05, 0.1) is 12.0 Å². The van der Waals surface area contributed by atoms with E-state index in [-0.39, 0.29) is 5.97 Å². The van der Waals surface area contributed by atoms with Gasteiger partial charge in [0.25, 0.3) is 0 Å².